The Balaban J connectivity index is 2.70. The number of rotatable bonds is 3. The van der Waals surface area contributed by atoms with Crippen LogP contribution in [0.15, 0.2) is 24.3 Å². The zero-order valence-electron chi connectivity index (χ0n) is 8.91. The Hall–Kier alpha value is -1.31. The molecule has 0 aliphatic rings. The molecule has 76 valence electrons. The summed E-state index contributed by atoms with van der Waals surface area (Å²) in [6.45, 7) is 5.78. The summed E-state index contributed by atoms with van der Waals surface area (Å²) < 4.78 is 5.26. The van der Waals surface area contributed by atoms with Crippen LogP contribution >= 0.6 is 0 Å². The smallest absolute Gasteiger partial charge is 0.314 e. The number of carbonyl (C=O) groups excluding carboxylic acids is 1. The first-order valence-corrected chi connectivity index (χ1v) is 4.92. The first-order chi connectivity index (χ1) is 6.65. The summed E-state index contributed by atoms with van der Waals surface area (Å²) in [6.07, 6.45) is 0.810. The minimum Gasteiger partial charge on any atom is -0.426 e. The van der Waals surface area contributed by atoms with Crippen LogP contribution in [0.1, 0.15) is 25.8 Å². The van der Waals surface area contributed by atoms with Gasteiger partial charge in [-0.3, -0.25) is 4.79 Å². The number of para-hydroxylation sites is 1. The van der Waals surface area contributed by atoms with Gasteiger partial charge in [-0.05, 0) is 25.0 Å². The summed E-state index contributed by atoms with van der Waals surface area (Å²) in [5, 5.41) is 0. The Morgan fingerprint density at radius 3 is 2.64 bits per heavy atom. The molecule has 0 radical (unpaired) electrons. The highest BCUT2D eigenvalue weighted by Crippen LogP contribution is 2.18. The quantitative estimate of drug-likeness (QED) is 0.543. The molecule has 0 saturated heterocycles. The van der Waals surface area contributed by atoms with Crippen molar-refractivity contribution in [3.05, 3.63) is 29.8 Å². The summed E-state index contributed by atoms with van der Waals surface area (Å²) >= 11 is 0. The van der Waals surface area contributed by atoms with Crippen molar-refractivity contribution in [2.45, 2.75) is 27.2 Å². The minimum atomic E-state index is -0.151. The number of esters is 1. The number of hydrogen-bond donors (Lipinski definition) is 0. The summed E-state index contributed by atoms with van der Waals surface area (Å²) in [5.41, 5.74) is 0.990. The molecule has 0 aliphatic carbocycles. The van der Waals surface area contributed by atoms with E-state index in [9.17, 15) is 4.79 Å². The van der Waals surface area contributed by atoms with E-state index in [0.717, 1.165) is 12.0 Å². The summed E-state index contributed by atoms with van der Waals surface area (Å²) in [5.74, 6) is 0.481. The predicted molar refractivity (Wildman–Crippen MR) is 56.3 cm³/mol. The van der Waals surface area contributed by atoms with E-state index in [4.69, 9.17) is 4.74 Å². The third kappa shape index (κ3) is 2.59. The van der Waals surface area contributed by atoms with E-state index in [-0.39, 0.29) is 11.9 Å². The van der Waals surface area contributed by atoms with E-state index in [1.54, 1.807) is 0 Å². The Morgan fingerprint density at radius 2 is 2.07 bits per heavy atom. The van der Waals surface area contributed by atoms with Crippen LogP contribution in [0.5, 0.6) is 5.75 Å². The molecule has 0 spiro atoms. The molecule has 1 atom stereocenters. The lowest BCUT2D eigenvalue weighted by Gasteiger charge is -2.10. The van der Waals surface area contributed by atoms with Crippen molar-refractivity contribution in [3.8, 4) is 5.75 Å². The Morgan fingerprint density at radius 1 is 1.43 bits per heavy atom. The highest BCUT2D eigenvalue weighted by atomic mass is 16.5. The molecule has 0 fully saturated rings. The summed E-state index contributed by atoms with van der Waals surface area (Å²) in [7, 11) is 0. The average Bonchev–Trinajstić information content (AvgIpc) is 2.20. The van der Waals surface area contributed by atoms with Crippen LogP contribution in [0, 0.1) is 12.8 Å². The molecule has 1 rings (SSSR count). The standard InChI is InChI=1S/C12H16O2/c1-4-9(2)12(13)14-11-8-6-5-7-10(11)3/h5-9H,4H2,1-3H3. The van der Waals surface area contributed by atoms with Crippen LogP contribution < -0.4 is 4.74 Å². The molecule has 2 nitrogen and oxygen atoms in total. The second kappa shape index (κ2) is 4.80. The van der Waals surface area contributed by atoms with Gasteiger partial charge in [0.15, 0.2) is 0 Å². The monoisotopic (exact) mass is 192 g/mol. The first-order valence-electron chi connectivity index (χ1n) is 4.92. The van der Waals surface area contributed by atoms with E-state index in [1.807, 2.05) is 45.0 Å². The van der Waals surface area contributed by atoms with E-state index in [0.29, 0.717) is 5.75 Å². The molecule has 0 aromatic heterocycles. The predicted octanol–water partition coefficient (Wildman–Crippen LogP) is 2.95. The van der Waals surface area contributed by atoms with Crippen LogP contribution in [0.3, 0.4) is 0 Å². The van der Waals surface area contributed by atoms with E-state index in [2.05, 4.69) is 0 Å². The number of hydrogen-bond acceptors (Lipinski definition) is 2. The number of benzene rings is 1. The first kappa shape index (κ1) is 10.8. The second-order valence-corrected chi connectivity index (χ2v) is 3.50. The normalized spacial score (nSPS) is 12.2. The van der Waals surface area contributed by atoms with Crippen molar-refractivity contribution < 1.29 is 9.53 Å². The highest BCUT2D eigenvalue weighted by Gasteiger charge is 2.13. The van der Waals surface area contributed by atoms with Gasteiger partial charge in [-0.1, -0.05) is 32.0 Å². The van der Waals surface area contributed by atoms with Gasteiger partial charge in [-0.15, -0.1) is 0 Å². The second-order valence-electron chi connectivity index (χ2n) is 3.50. The fraction of sp³-hybridized carbons (Fsp3) is 0.417. The molecule has 14 heavy (non-hydrogen) atoms. The molecule has 0 bridgehead atoms. The van der Waals surface area contributed by atoms with Gasteiger partial charge in [0.25, 0.3) is 0 Å². The third-order valence-corrected chi connectivity index (χ3v) is 2.32. The van der Waals surface area contributed by atoms with Crippen molar-refractivity contribution in [1.29, 1.82) is 0 Å². The molecule has 0 aliphatic heterocycles. The lowest BCUT2D eigenvalue weighted by molar-refractivity contribution is -0.138. The molecule has 2 heteroatoms. The molecule has 0 heterocycles. The Labute approximate surface area is 84.9 Å². The van der Waals surface area contributed by atoms with E-state index < -0.39 is 0 Å². The lowest BCUT2D eigenvalue weighted by atomic mass is 10.1. The fourth-order valence-corrected chi connectivity index (χ4v) is 1.05. The molecular formula is C12H16O2. The summed E-state index contributed by atoms with van der Waals surface area (Å²) in [6, 6.07) is 7.54. The number of carbonyl (C=O) groups is 1. The van der Waals surface area contributed by atoms with E-state index in [1.165, 1.54) is 0 Å². The van der Waals surface area contributed by atoms with Gasteiger partial charge in [-0.2, -0.15) is 0 Å². The maximum Gasteiger partial charge on any atom is 0.314 e. The maximum atomic E-state index is 11.5. The van der Waals surface area contributed by atoms with Crippen LogP contribution in [0.25, 0.3) is 0 Å². The largest absolute Gasteiger partial charge is 0.426 e. The molecule has 1 aromatic carbocycles. The van der Waals surface area contributed by atoms with Gasteiger partial charge in [-0.25, -0.2) is 0 Å². The molecule has 0 amide bonds. The highest BCUT2D eigenvalue weighted by molar-refractivity contribution is 5.74. The topological polar surface area (TPSA) is 26.3 Å². The van der Waals surface area contributed by atoms with Crippen LogP contribution in [-0.2, 0) is 4.79 Å². The van der Waals surface area contributed by atoms with Gasteiger partial charge in [0.05, 0.1) is 5.92 Å². The number of ether oxygens (including phenoxy) is 1. The van der Waals surface area contributed by atoms with E-state index >= 15 is 0 Å². The SMILES string of the molecule is CCC(C)C(=O)Oc1ccccc1C. The van der Waals surface area contributed by atoms with Crippen molar-refractivity contribution in [2.75, 3.05) is 0 Å². The van der Waals surface area contributed by atoms with Gasteiger partial charge in [0.1, 0.15) is 5.75 Å². The van der Waals surface area contributed by atoms with Crippen molar-refractivity contribution >= 4 is 5.97 Å². The van der Waals surface area contributed by atoms with Gasteiger partial charge in [0, 0.05) is 0 Å². The number of aryl methyl sites for hydroxylation is 1. The zero-order valence-corrected chi connectivity index (χ0v) is 8.91. The zero-order chi connectivity index (χ0) is 10.6. The average molecular weight is 192 g/mol. The van der Waals surface area contributed by atoms with Crippen molar-refractivity contribution in [3.63, 3.8) is 0 Å². The molecule has 1 aromatic rings. The van der Waals surface area contributed by atoms with Crippen molar-refractivity contribution in [1.82, 2.24) is 0 Å². The van der Waals surface area contributed by atoms with Crippen LogP contribution in [-0.4, -0.2) is 5.97 Å². The van der Waals surface area contributed by atoms with Gasteiger partial charge >= 0.3 is 5.97 Å². The van der Waals surface area contributed by atoms with Crippen LogP contribution in [0.2, 0.25) is 0 Å². The molecular weight excluding hydrogens is 176 g/mol. The van der Waals surface area contributed by atoms with Crippen LogP contribution in [0.4, 0.5) is 0 Å². The molecule has 0 saturated carbocycles. The third-order valence-electron chi connectivity index (χ3n) is 2.32. The van der Waals surface area contributed by atoms with Gasteiger partial charge < -0.3 is 4.74 Å². The van der Waals surface area contributed by atoms with Crippen molar-refractivity contribution in [2.24, 2.45) is 5.92 Å². The fourth-order valence-electron chi connectivity index (χ4n) is 1.05. The molecule has 1 unspecified atom stereocenters. The maximum absolute atomic E-state index is 11.5. The minimum absolute atomic E-state index is 0.0328. The Kier molecular flexibility index (Phi) is 3.69. The van der Waals surface area contributed by atoms with Gasteiger partial charge in [0.2, 0.25) is 0 Å². The summed E-state index contributed by atoms with van der Waals surface area (Å²) in [4.78, 5) is 11.5. The Bertz CT molecular complexity index is 318. The lowest BCUT2D eigenvalue weighted by Crippen LogP contribution is -2.17. The molecule has 0 N–H and O–H groups in total.